The number of primary amides is 1. The molecule has 39 heavy (non-hydrogen) atoms. The molecular weight excluding hydrogens is 529 g/mol. The van der Waals surface area contributed by atoms with Crippen molar-refractivity contribution in [3.8, 4) is 0 Å². The molecule has 1 unspecified atom stereocenters. The fourth-order valence-electron chi connectivity index (χ4n) is 7.09. The molecule has 1 aliphatic heterocycles. The largest absolute Gasteiger partial charge is 0.370 e. The molecule has 3 aliphatic carbocycles. The first-order valence-corrected chi connectivity index (χ1v) is 14.9. The second kappa shape index (κ2) is 11.3. The van der Waals surface area contributed by atoms with Gasteiger partial charge in [0.25, 0.3) is 0 Å². The molecule has 0 spiro atoms. The molecular formula is C31H41Cl2N5O. The minimum Gasteiger partial charge on any atom is -0.370 e. The van der Waals surface area contributed by atoms with Crippen LogP contribution in [0, 0.1) is 23.2 Å². The minimum absolute atomic E-state index is 0.164. The number of anilines is 1. The van der Waals surface area contributed by atoms with Crippen molar-refractivity contribution in [2.24, 2.45) is 33.9 Å². The van der Waals surface area contributed by atoms with Crippen molar-refractivity contribution in [2.45, 2.75) is 65.0 Å². The van der Waals surface area contributed by atoms with Gasteiger partial charge in [0.2, 0.25) is 5.91 Å². The highest BCUT2D eigenvalue weighted by Crippen LogP contribution is 2.61. The van der Waals surface area contributed by atoms with Crippen molar-refractivity contribution in [3.63, 3.8) is 0 Å². The van der Waals surface area contributed by atoms with Crippen molar-refractivity contribution in [3.05, 3.63) is 63.6 Å². The molecule has 1 heterocycles. The molecule has 0 aromatic heterocycles. The maximum absolute atomic E-state index is 11.9. The van der Waals surface area contributed by atoms with E-state index in [-0.39, 0.29) is 18.2 Å². The summed E-state index contributed by atoms with van der Waals surface area (Å²) in [6.45, 7) is 12.3. The Morgan fingerprint density at radius 3 is 2.54 bits per heavy atom. The van der Waals surface area contributed by atoms with E-state index in [0.717, 1.165) is 60.7 Å². The number of nitrogens with two attached hydrogens (primary N) is 1. The van der Waals surface area contributed by atoms with Gasteiger partial charge in [-0.3, -0.25) is 4.79 Å². The van der Waals surface area contributed by atoms with Crippen LogP contribution in [0.15, 0.2) is 47.5 Å². The lowest BCUT2D eigenvalue weighted by Crippen LogP contribution is -2.57. The summed E-state index contributed by atoms with van der Waals surface area (Å²) in [5, 5.41) is 8.30. The highest BCUT2D eigenvalue weighted by Gasteiger charge is 2.56. The normalized spacial score (nSPS) is 28.9. The number of hydrogen-bond acceptors (Lipinski definition) is 3. The Bertz CT molecular complexity index is 1230. The number of aliphatic imine (C=N–C) groups is 1. The van der Waals surface area contributed by atoms with Gasteiger partial charge >= 0.3 is 0 Å². The van der Waals surface area contributed by atoms with Crippen molar-refractivity contribution in [2.75, 3.05) is 25.0 Å². The lowest BCUT2D eigenvalue weighted by Gasteiger charge is -2.61. The van der Waals surface area contributed by atoms with E-state index in [1.54, 1.807) is 12.1 Å². The molecule has 4 fully saturated rings. The number of nitrogens with one attached hydrogen (secondary N) is 2. The van der Waals surface area contributed by atoms with Crippen LogP contribution in [-0.4, -0.2) is 48.5 Å². The summed E-state index contributed by atoms with van der Waals surface area (Å²) >= 11 is 12.6. The second-order valence-electron chi connectivity index (χ2n) is 12.4. The SMILES string of the molecule is C[C@@H]1[C@H](N=C(Nc2ccc(C(CC(N)=O)c3ccc(Cl)cc3Cl)cc2)N2CCN[C@@H](C)C2)C[C@H]2C[C@@H]1C2(C)C. The number of halogens is 2. The fraction of sp³-hybridized carbons (Fsp3) is 0.548. The standard InChI is InChI=1S/C31H41Cl2N5O/c1-18-17-38(12-11-35-18)30(37-28-14-21-13-26(19(28)2)31(21,3)4)36-23-8-5-20(6-9-23)25(16-29(34)39)24-10-7-22(32)15-27(24)33/h5-10,15,18-19,21,25-26,28,35H,11-14,16-17H2,1-4H3,(H2,34,39)(H,36,37)/t18-,19-,21+,25?,26-,28+/m0/s1. The van der Waals surface area contributed by atoms with Gasteiger partial charge in [0.05, 0.1) is 6.04 Å². The summed E-state index contributed by atoms with van der Waals surface area (Å²) in [7, 11) is 0. The zero-order valence-electron chi connectivity index (χ0n) is 23.4. The monoisotopic (exact) mass is 569 g/mol. The fourth-order valence-corrected chi connectivity index (χ4v) is 7.63. The number of benzene rings is 2. The average molecular weight is 571 g/mol. The summed E-state index contributed by atoms with van der Waals surface area (Å²) in [6, 6.07) is 14.3. The van der Waals surface area contributed by atoms with E-state index >= 15 is 0 Å². The number of amides is 1. The van der Waals surface area contributed by atoms with Crippen LogP contribution in [0.4, 0.5) is 5.69 Å². The first-order valence-electron chi connectivity index (χ1n) is 14.2. The van der Waals surface area contributed by atoms with Gasteiger partial charge in [-0.05, 0) is 78.3 Å². The molecule has 2 bridgehead atoms. The van der Waals surface area contributed by atoms with Crippen LogP contribution in [0.5, 0.6) is 0 Å². The summed E-state index contributed by atoms with van der Waals surface area (Å²) in [5.41, 5.74) is 8.84. The molecule has 0 radical (unpaired) electrons. The van der Waals surface area contributed by atoms with Crippen LogP contribution < -0.4 is 16.4 Å². The van der Waals surface area contributed by atoms with Crippen molar-refractivity contribution < 1.29 is 4.79 Å². The molecule has 1 saturated heterocycles. The summed E-state index contributed by atoms with van der Waals surface area (Å²) < 4.78 is 0. The first kappa shape index (κ1) is 28.3. The third-order valence-electron chi connectivity index (χ3n) is 9.58. The highest BCUT2D eigenvalue weighted by molar-refractivity contribution is 6.35. The Balaban J connectivity index is 1.39. The molecule has 3 saturated carbocycles. The summed E-state index contributed by atoms with van der Waals surface area (Å²) in [5.74, 6) is 2.41. The molecule has 1 amide bonds. The maximum Gasteiger partial charge on any atom is 0.218 e. The maximum atomic E-state index is 11.9. The first-order chi connectivity index (χ1) is 18.5. The van der Waals surface area contributed by atoms with Gasteiger partial charge in [-0.2, -0.15) is 0 Å². The van der Waals surface area contributed by atoms with Gasteiger partial charge in [-0.15, -0.1) is 0 Å². The van der Waals surface area contributed by atoms with E-state index in [0.29, 0.717) is 33.5 Å². The summed E-state index contributed by atoms with van der Waals surface area (Å²) in [4.78, 5) is 19.7. The van der Waals surface area contributed by atoms with Crippen LogP contribution in [0.1, 0.15) is 64.0 Å². The van der Waals surface area contributed by atoms with Crippen LogP contribution in [0.2, 0.25) is 10.0 Å². The predicted octanol–water partition coefficient (Wildman–Crippen LogP) is 6.13. The van der Waals surface area contributed by atoms with Gasteiger partial charge in [-0.1, -0.05) is 62.2 Å². The topological polar surface area (TPSA) is 82.7 Å². The Morgan fingerprint density at radius 2 is 1.92 bits per heavy atom. The Labute approximate surface area is 242 Å². The number of guanidine groups is 1. The molecule has 210 valence electrons. The highest BCUT2D eigenvalue weighted by atomic mass is 35.5. The van der Waals surface area contributed by atoms with Crippen LogP contribution in [-0.2, 0) is 4.79 Å². The van der Waals surface area contributed by atoms with Crippen molar-refractivity contribution in [1.82, 2.24) is 10.2 Å². The zero-order valence-corrected chi connectivity index (χ0v) is 24.9. The molecule has 6 rings (SSSR count). The van der Waals surface area contributed by atoms with E-state index in [2.05, 4.69) is 55.4 Å². The molecule has 4 N–H and O–H groups in total. The lowest BCUT2D eigenvalue weighted by atomic mass is 9.45. The number of rotatable bonds is 6. The third kappa shape index (κ3) is 5.94. The molecule has 4 aliphatic rings. The minimum atomic E-state index is -0.377. The number of carbonyl (C=O) groups excluding carboxylic acids is 1. The van der Waals surface area contributed by atoms with Gasteiger partial charge in [0.1, 0.15) is 0 Å². The van der Waals surface area contributed by atoms with E-state index in [4.69, 9.17) is 33.9 Å². The van der Waals surface area contributed by atoms with Gasteiger partial charge in [-0.25, -0.2) is 4.99 Å². The van der Waals surface area contributed by atoms with Crippen LogP contribution in [0.3, 0.4) is 0 Å². The molecule has 2 aromatic rings. The molecule has 6 nitrogen and oxygen atoms in total. The second-order valence-corrected chi connectivity index (χ2v) is 13.3. The van der Waals surface area contributed by atoms with Crippen LogP contribution in [0.25, 0.3) is 0 Å². The lowest BCUT2D eigenvalue weighted by molar-refractivity contribution is -0.118. The van der Waals surface area contributed by atoms with Crippen molar-refractivity contribution >= 4 is 40.8 Å². The average Bonchev–Trinajstić information content (AvgIpc) is 2.88. The van der Waals surface area contributed by atoms with Gasteiger partial charge < -0.3 is 21.3 Å². The number of fused-ring (bicyclic) bond motifs is 2. The number of carbonyl (C=O) groups is 1. The van der Waals surface area contributed by atoms with E-state index in [9.17, 15) is 4.79 Å². The number of piperazine rings is 1. The van der Waals surface area contributed by atoms with Crippen molar-refractivity contribution in [1.29, 1.82) is 0 Å². The Kier molecular flexibility index (Phi) is 8.19. The van der Waals surface area contributed by atoms with E-state index in [1.807, 2.05) is 18.2 Å². The number of hydrogen-bond donors (Lipinski definition) is 3. The van der Waals surface area contributed by atoms with E-state index < -0.39 is 0 Å². The smallest absolute Gasteiger partial charge is 0.218 e. The van der Waals surface area contributed by atoms with Crippen LogP contribution >= 0.6 is 23.2 Å². The molecule has 2 aromatic carbocycles. The molecule has 8 heteroatoms. The van der Waals surface area contributed by atoms with E-state index in [1.165, 1.54) is 6.42 Å². The third-order valence-corrected chi connectivity index (χ3v) is 10.1. The molecule has 6 atom stereocenters. The zero-order chi connectivity index (χ0) is 27.9. The summed E-state index contributed by atoms with van der Waals surface area (Å²) in [6.07, 6.45) is 2.67. The Morgan fingerprint density at radius 1 is 1.18 bits per heavy atom. The predicted molar refractivity (Wildman–Crippen MR) is 162 cm³/mol. The number of nitrogens with zero attached hydrogens (tertiary/aromatic N) is 2. The van der Waals surface area contributed by atoms with Gasteiger partial charge in [0.15, 0.2) is 5.96 Å². The Hall–Kier alpha value is -2.28. The van der Waals surface area contributed by atoms with Gasteiger partial charge in [0, 0.05) is 53.7 Å². The quantitative estimate of drug-likeness (QED) is 0.288.